The third kappa shape index (κ3) is 2.97. The lowest BCUT2D eigenvalue weighted by molar-refractivity contribution is 0.415. The molecule has 0 amide bonds. The van der Waals surface area contributed by atoms with Gasteiger partial charge >= 0.3 is 0 Å². The SMILES string of the molecule is CCCCNCc1nc2ccc(OC)cc2[nH]1. The Kier molecular flexibility index (Phi) is 3.98. The Bertz CT molecular complexity index is 478. The van der Waals surface area contributed by atoms with Crippen molar-refractivity contribution < 1.29 is 4.74 Å². The highest BCUT2D eigenvalue weighted by atomic mass is 16.5. The first kappa shape index (κ1) is 11.9. The Morgan fingerprint density at radius 3 is 3.06 bits per heavy atom. The quantitative estimate of drug-likeness (QED) is 0.753. The van der Waals surface area contributed by atoms with Gasteiger partial charge in [0.25, 0.3) is 0 Å². The number of aromatic amines is 1. The number of ether oxygens (including phenoxy) is 1. The summed E-state index contributed by atoms with van der Waals surface area (Å²) in [5.41, 5.74) is 2.01. The number of benzene rings is 1. The van der Waals surface area contributed by atoms with Gasteiger partial charge in [-0.3, -0.25) is 0 Å². The van der Waals surface area contributed by atoms with Crippen LogP contribution in [-0.4, -0.2) is 23.6 Å². The fourth-order valence-corrected chi connectivity index (χ4v) is 1.76. The minimum absolute atomic E-state index is 0.789. The van der Waals surface area contributed by atoms with Crippen LogP contribution in [0.4, 0.5) is 0 Å². The molecule has 0 saturated carbocycles. The maximum absolute atomic E-state index is 5.18. The van der Waals surface area contributed by atoms with Crippen LogP contribution in [0.2, 0.25) is 0 Å². The first-order valence-corrected chi connectivity index (χ1v) is 6.07. The summed E-state index contributed by atoms with van der Waals surface area (Å²) in [6, 6.07) is 5.87. The van der Waals surface area contributed by atoms with Gasteiger partial charge in [-0.05, 0) is 25.1 Å². The van der Waals surface area contributed by atoms with Crippen molar-refractivity contribution in [1.29, 1.82) is 0 Å². The molecule has 2 N–H and O–H groups in total. The van der Waals surface area contributed by atoms with Crippen molar-refractivity contribution in [2.75, 3.05) is 13.7 Å². The topological polar surface area (TPSA) is 49.9 Å². The number of methoxy groups -OCH3 is 1. The molecule has 1 aromatic carbocycles. The van der Waals surface area contributed by atoms with Crippen LogP contribution >= 0.6 is 0 Å². The number of rotatable bonds is 6. The number of nitrogens with one attached hydrogen (secondary N) is 2. The highest BCUT2D eigenvalue weighted by Gasteiger charge is 2.03. The van der Waals surface area contributed by atoms with Crippen LogP contribution in [-0.2, 0) is 6.54 Å². The van der Waals surface area contributed by atoms with Gasteiger partial charge in [0.2, 0.25) is 0 Å². The number of H-pyrrole nitrogens is 1. The number of nitrogens with zero attached hydrogens (tertiary/aromatic N) is 1. The molecule has 0 radical (unpaired) electrons. The molecule has 0 bridgehead atoms. The normalized spacial score (nSPS) is 10.9. The smallest absolute Gasteiger partial charge is 0.121 e. The molecule has 1 aromatic heterocycles. The Morgan fingerprint density at radius 2 is 2.29 bits per heavy atom. The van der Waals surface area contributed by atoms with Gasteiger partial charge in [-0.2, -0.15) is 0 Å². The van der Waals surface area contributed by atoms with E-state index in [1.165, 1.54) is 12.8 Å². The summed E-state index contributed by atoms with van der Waals surface area (Å²) in [5.74, 6) is 1.83. The molecule has 1 heterocycles. The molecule has 0 unspecified atom stereocenters. The van der Waals surface area contributed by atoms with E-state index < -0.39 is 0 Å². The van der Waals surface area contributed by atoms with Crippen molar-refractivity contribution in [2.45, 2.75) is 26.3 Å². The van der Waals surface area contributed by atoms with Gasteiger partial charge in [-0.25, -0.2) is 4.98 Å². The van der Waals surface area contributed by atoms with E-state index in [-0.39, 0.29) is 0 Å². The van der Waals surface area contributed by atoms with Crippen LogP contribution in [0.15, 0.2) is 18.2 Å². The Labute approximate surface area is 101 Å². The Hall–Kier alpha value is -1.55. The summed E-state index contributed by atoms with van der Waals surface area (Å²) < 4.78 is 5.18. The summed E-state index contributed by atoms with van der Waals surface area (Å²) >= 11 is 0. The van der Waals surface area contributed by atoms with E-state index in [1.54, 1.807) is 7.11 Å². The van der Waals surface area contributed by atoms with Crippen LogP contribution in [0.25, 0.3) is 11.0 Å². The zero-order chi connectivity index (χ0) is 12.1. The Balaban J connectivity index is 2.04. The van der Waals surface area contributed by atoms with Crippen molar-refractivity contribution in [1.82, 2.24) is 15.3 Å². The number of aromatic nitrogens is 2. The number of unbranched alkanes of at least 4 members (excludes halogenated alkanes) is 1. The van der Waals surface area contributed by atoms with E-state index in [0.717, 1.165) is 35.7 Å². The summed E-state index contributed by atoms with van der Waals surface area (Å²) in [6.07, 6.45) is 2.42. The molecule has 0 aliphatic heterocycles. The van der Waals surface area contributed by atoms with Gasteiger partial charge in [0.15, 0.2) is 0 Å². The molecule has 0 aliphatic rings. The second-order valence-corrected chi connectivity index (χ2v) is 4.10. The maximum Gasteiger partial charge on any atom is 0.121 e. The summed E-state index contributed by atoms with van der Waals surface area (Å²) in [6.45, 7) is 4.02. The summed E-state index contributed by atoms with van der Waals surface area (Å²) in [5, 5.41) is 3.37. The Morgan fingerprint density at radius 1 is 1.41 bits per heavy atom. The van der Waals surface area contributed by atoms with Crippen LogP contribution in [0.1, 0.15) is 25.6 Å². The third-order valence-corrected chi connectivity index (χ3v) is 2.74. The summed E-state index contributed by atoms with van der Waals surface area (Å²) in [7, 11) is 1.67. The van der Waals surface area contributed by atoms with Crippen molar-refractivity contribution in [2.24, 2.45) is 0 Å². The molecule has 17 heavy (non-hydrogen) atoms. The number of hydrogen-bond acceptors (Lipinski definition) is 3. The molecule has 0 saturated heterocycles. The lowest BCUT2D eigenvalue weighted by Gasteiger charge is -1.99. The van der Waals surface area contributed by atoms with Crippen LogP contribution in [0.5, 0.6) is 5.75 Å². The maximum atomic E-state index is 5.18. The molecule has 0 atom stereocenters. The second kappa shape index (κ2) is 5.68. The minimum atomic E-state index is 0.789. The summed E-state index contributed by atoms with van der Waals surface area (Å²) in [4.78, 5) is 7.81. The fraction of sp³-hybridized carbons (Fsp3) is 0.462. The monoisotopic (exact) mass is 233 g/mol. The second-order valence-electron chi connectivity index (χ2n) is 4.10. The molecule has 4 nitrogen and oxygen atoms in total. The fourth-order valence-electron chi connectivity index (χ4n) is 1.76. The van der Waals surface area contributed by atoms with Crippen molar-refractivity contribution in [3.05, 3.63) is 24.0 Å². The van der Waals surface area contributed by atoms with Crippen LogP contribution in [0.3, 0.4) is 0 Å². The molecule has 92 valence electrons. The van der Waals surface area contributed by atoms with Gasteiger partial charge in [0.1, 0.15) is 11.6 Å². The lowest BCUT2D eigenvalue weighted by atomic mass is 10.3. The largest absolute Gasteiger partial charge is 0.497 e. The van der Waals surface area contributed by atoms with Gasteiger partial charge in [-0.15, -0.1) is 0 Å². The average molecular weight is 233 g/mol. The van der Waals surface area contributed by atoms with Crippen LogP contribution < -0.4 is 10.1 Å². The van der Waals surface area contributed by atoms with Gasteiger partial charge < -0.3 is 15.0 Å². The molecule has 0 spiro atoms. The van der Waals surface area contributed by atoms with E-state index in [1.807, 2.05) is 18.2 Å². The third-order valence-electron chi connectivity index (χ3n) is 2.74. The standard InChI is InChI=1S/C13H19N3O/c1-3-4-7-14-9-13-15-11-6-5-10(17-2)8-12(11)16-13/h5-6,8,14H,3-4,7,9H2,1-2H3,(H,15,16). The van der Waals surface area contributed by atoms with E-state index in [4.69, 9.17) is 4.74 Å². The number of imidazole rings is 1. The van der Waals surface area contributed by atoms with E-state index >= 15 is 0 Å². The predicted octanol–water partition coefficient (Wildman–Crippen LogP) is 2.46. The lowest BCUT2D eigenvalue weighted by Crippen LogP contribution is -2.15. The molecule has 0 fully saturated rings. The molecule has 2 rings (SSSR count). The van der Waals surface area contributed by atoms with E-state index in [9.17, 15) is 0 Å². The van der Waals surface area contributed by atoms with Crippen molar-refractivity contribution in [3.63, 3.8) is 0 Å². The van der Waals surface area contributed by atoms with Gasteiger partial charge in [-0.1, -0.05) is 13.3 Å². The van der Waals surface area contributed by atoms with Crippen molar-refractivity contribution >= 4 is 11.0 Å². The first-order chi connectivity index (χ1) is 8.33. The van der Waals surface area contributed by atoms with E-state index in [2.05, 4.69) is 22.2 Å². The first-order valence-electron chi connectivity index (χ1n) is 6.07. The number of hydrogen-bond donors (Lipinski definition) is 2. The predicted molar refractivity (Wildman–Crippen MR) is 69.3 cm³/mol. The molecule has 2 aromatic rings. The van der Waals surface area contributed by atoms with Crippen molar-refractivity contribution in [3.8, 4) is 5.75 Å². The zero-order valence-electron chi connectivity index (χ0n) is 10.4. The highest BCUT2D eigenvalue weighted by Crippen LogP contribution is 2.18. The highest BCUT2D eigenvalue weighted by molar-refractivity contribution is 5.76. The molecule has 4 heteroatoms. The molecular weight excluding hydrogens is 214 g/mol. The minimum Gasteiger partial charge on any atom is -0.497 e. The van der Waals surface area contributed by atoms with Gasteiger partial charge in [0, 0.05) is 6.07 Å². The molecular formula is C13H19N3O. The van der Waals surface area contributed by atoms with Crippen LogP contribution in [0, 0.1) is 0 Å². The zero-order valence-corrected chi connectivity index (χ0v) is 10.4. The van der Waals surface area contributed by atoms with E-state index in [0.29, 0.717) is 0 Å². The van der Waals surface area contributed by atoms with Gasteiger partial charge in [0.05, 0.1) is 24.7 Å². The number of fused-ring (bicyclic) bond motifs is 1. The average Bonchev–Trinajstić information content (AvgIpc) is 2.76. The molecule has 0 aliphatic carbocycles.